The van der Waals surface area contributed by atoms with Gasteiger partial charge in [0.15, 0.2) is 0 Å². The van der Waals surface area contributed by atoms with E-state index in [-0.39, 0.29) is 0 Å². The van der Waals surface area contributed by atoms with Crippen LogP contribution in [0.4, 0.5) is 13.2 Å². The van der Waals surface area contributed by atoms with E-state index in [4.69, 9.17) is 0 Å². The molecule has 0 aromatic carbocycles. The molecule has 0 aliphatic carbocycles. The lowest BCUT2D eigenvalue weighted by Crippen LogP contribution is -2.26. The Morgan fingerprint density at radius 2 is 2.30 bits per heavy atom. The van der Waals surface area contributed by atoms with E-state index in [1.165, 1.54) is 6.54 Å². The molecule has 1 rings (SSSR count). The minimum atomic E-state index is -4.17. The second-order valence-corrected chi connectivity index (χ2v) is 1.86. The molecule has 2 radical (unpaired) electrons. The van der Waals surface area contributed by atoms with Gasteiger partial charge in [0.05, 0.1) is 12.8 Å². The van der Waals surface area contributed by atoms with E-state index in [2.05, 4.69) is 11.3 Å². The molecule has 56 valence electrons. The van der Waals surface area contributed by atoms with Gasteiger partial charge in [-0.05, 0) is 0 Å². The summed E-state index contributed by atoms with van der Waals surface area (Å²) in [4.78, 5) is 0. The highest BCUT2D eigenvalue weighted by molar-refractivity contribution is 5.60. The summed E-state index contributed by atoms with van der Waals surface area (Å²) in [6.07, 6.45) is -1.41. The van der Waals surface area contributed by atoms with E-state index >= 15 is 0 Å². The summed E-state index contributed by atoms with van der Waals surface area (Å²) >= 11 is 0. The Morgan fingerprint density at radius 3 is 2.70 bits per heavy atom. The Balaban J connectivity index is 2.31. The lowest BCUT2D eigenvalue weighted by Gasteiger charge is -2.14. The molecule has 1 aliphatic rings. The summed E-state index contributed by atoms with van der Waals surface area (Å²) < 4.78 is 34.7. The fraction of sp³-hybridized carbons (Fsp3) is 0.600. The van der Waals surface area contributed by atoms with E-state index in [0.29, 0.717) is 6.42 Å². The van der Waals surface area contributed by atoms with Crippen molar-refractivity contribution in [3.05, 3.63) is 6.54 Å². The molecule has 0 saturated heterocycles. The number of halogens is 3. The highest BCUT2D eigenvalue weighted by atomic mass is 19.4. The van der Waals surface area contributed by atoms with Crippen LogP contribution in [0.1, 0.15) is 6.42 Å². The number of rotatable bonds is 1. The van der Waals surface area contributed by atoms with Gasteiger partial charge in [-0.1, -0.05) is 0 Å². The number of hydrazone groups is 1. The molecular formula is C5H5F3N2. The van der Waals surface area contributed by atoms with E-state index in [9.17, 15) is 13.2 Å². The van der Waals surface area contributed by atoms with Crippen molar-refractivity contribution in [3.63, 3.8) is 0 Å². The fourth-order valence-electron chi connectivity index (χ4n) is 0.602. The van der Waals surface area contributed by atoms with Crippen molar-refractivity contribution in [2.24, 2.45) is 5.10 Å². The van der Waals surface area contributed by atoms with Gasteiger partial charge in [0.2, 0.25) is 0 Å². The molecule has 0 amide bonds. The lowest BCUT2D eigenvalue weighted by molar-refractivity contribution is -0.141. The van der Waals surface area contributed by atoms with Gasteiger partial charge in [0, 0.05) is 6.42 Å². The standard InChI is InChI=1S/C5H5F3N2/c6-5(7,8)4-10-3-1-2-9-10/h3H,1,4H2. The molecule has 0 spiro atoms. The first-order valence-corrected chi connectivity index (χ1v) is 2.68. The van der Waals surface area contributed by atoms with Gasteiger partial charge in [0.25, 0.3) is 0 Å². The van der Waals surface area contributed by atoms with Gasteiger partial charge < -0.3 is 0 Å². The largest absolute Gasteiger partial charge is 0.407 e. The Labute approximate surface area is 56.3 Å². The predicted octanol–water partition coefficient (Wildman–Crippen LogP) is 1.28. The predicted molar refractivity (Wildman–Crippen MR) is 29.1 cm³/mol. The molecule has 0 aromatic heterocycles. The molecule has 0 bridgehead atoms. The van der Waals surface area contributed by atoms with Crippen molar-refractivity contribution in [1.29, 1.82) is 0 Å². The van der Waals surface area contributed by atoms with Crippen LogP contribution in [0.25, 0.3) is 0 Å². The number of alkyl halides is 3. The monoisotopic (exact) mass is 150 g/mol. The number of hydrogen-bond acceptors (Lipinski definition) is 2. The second kappa shape index (κ2) is 2.48. The molecule has 10 heavy (non-hydrogen) atoms. The maximum atomic E-state index is 11.6. The summed E-state index contributed by atoms with van der Waals surface area (Å²) in [6.45, 7) is 0.327. The van der Waals surface area contributed by atoms with Gasteiger partial charge in [0.1, 0.15) is 6.54 Å². The van der Waals surface area contributed by atoms with Crippen LogP contribution in [0.3, 0.4) is 0 Å². The highest BCUT2D eigenvalue weighted by Gasteiger charge is 2.31. The Hall–Kier alpha value is -0.740. The molecule has 0 fully saturated rings. The summed E-state index contributed by atoms with van der Waals surface area (Å²) in [6, 6.07) is 0. The average molecular weight is 150 g/mol. The quantitative estimate of drug-likeness (QED) is 0.549. The SMILES string of the molecule is FC(F)(F)CN1[CH]C[C]=N1. The Bertz CT molecular complexity index is 140. The van der Waals surface area contributed by atoms with Crippen LogP contribution in [0.15, 0.2) is 5.10 Å². The lowest BCUT2D eigenvalue weighted by atomic mass is 10.5. The smallest absolute Gasteiger partial charge is 0.282 e. The third-order valence-corrected chi connectivity index (χ3v) is 0.934. The molecular weight excluding hydrogens is 145 g/mol. The first-order chi connectivity index (χ1) is 4.58. The van der Waals surface area contributed by atoms with Gasteiger partial charge in [-0.25, -0.2) is 0 Å². The number of hydrogen-bond donors (Lipinski definition) is 0. The van der Waals surface area contributed by atoms with Crippen molar-refractivity contribution in [2.75, 3.05) is 6.54 Å². The molecule has 0 N–H and O–H groups in total. The maximum Gasteiger partial charge on any atom is 0.407 e. The third-order valence-electron chi connectivity index (χ3n) is 0.934. The Kier molecular flexibility index (Phi) is 1.82. The maximum absolute atomic E-state index is 11.6. The van der Waals surface area contributed by atoms with Crippen LogP contribution >= 0.6 is 0 Å². The molecule has 0 atom stereocenters. The van der Waals surface area contributed by atoms with E-state index in [1.54, 1.807) is 0 Å². The molecule has 0 unspecified atom stereocenters. The fourth-order valence-corrected chi connectivity index (χ4v) is 0.602. The normalized spacial score (nSPS) is 18.5. The van der Waals surface area contributed by atoms with Crippen LogP contribution in [-0.4, -0.2) is 23.9 Å². The Morgan fingerprint density at radius 1 is 1.60 bits per heavy atom. The second-order valence-electron chi connectivity index (χ2n) is 1.86. The topological polar surface area (TPSA) is 15.6 Å². The van der Waals surface area contributed by atoms with Crippen LogP contribution in [0.2, 0.25) is 0 Å². The van der Waals surface area contributed by atoms with Gasteiger partial charge in [-0.2, -0.15) is 18.3 Å². The van der Waals surface area contributed by atoms with Gasteiger partial charge >= 0.3 is 6.18 Å². The summed E-state index contributed by atoms with van der Waals surface area (Å²) in [5.74, 6) is 0. The molecule has 0 saturated carbocycles. The van der Waals surface area contributed by atoms with Crippen molar-refractivity contribution in [2.45, 2.75) is 12.6 Å². The summed E-state index contributed by atoms with van der Waals surface area (Å²) in [7, 11) is 0. The van der Waals surface area contributed by atoms with Crippen molar-refractivity contribution in [1.82, 2.24) is 5.01 Å². The zero-order valence-corrected chi connectivity index (χ0v) is 5.02. The minimum Gasteiger partial charge on any atom is -0.282 e. The van der Waals surface area contributed by atoms with Crippen LogP contribution < -0.4 is 0 Å². The van der Waals surface area contributed by atoms with E-state index < -0.39 is 12.7 Å². The van der Waals surface area contributed by atoms with Crippen LogP contribution in [0.5, 0.6) is 0 Å². The molecule has 5 heteroatoms. The minimum absolute atomic E-state index is 0.371. The first kappa shape index (κ1) is 7.37. The van der Waals surface area contributed by atoms with E-state index in [1.807, 2.05) is 0 Å². The van der Waals surface area contributed by atoms with Crippen molar-refractivity contribution >= 4 is 6.21 Å². The summed E-state index contributed by atoms with van der Waals surface area (Å²) in [5, 5.41) is 4.16. The van der Waals surface area contributed by atoms with Gasteiger partial charge in [-0.15, -0.1) is 0 Å². The zero-order chi connectivity index (χ0) is 7.61. The highest BCUT2D eigenvalue weighted by Crippen LogP contribution is 2.19. The van der Waals surface area contributed by atoms with Crippen LogP contribution in [0, 0.1) is 6.54 Å². The van der Waals surface area contributed by atoms with E-state index in [0.717, 1.165) is 5.01 Å². The number of nitrogens with zero attached hydrogens (tertiary/aromatic N) is 2. The molecule has 1 aliphatic heterocycles. The van der Waals surface area contributed by atoms with Crippen molar-refractivity contribution < 1.29 is 13.2 Å². The van der Waals surface area contributed by atoms with Gasteiger partial charge in [-0.3, -0.25) is 5.01 Å². The first-order valence-electron chi connectivity index (χ1n) is 2.68. The molecule has 0 aromatic rings. The third kappa shape index (κ3) is 2.24. The zero-order valence-electron chi connectivity index (χ0n) is 5.02. The average Bonchev–Trinajstić information content (AvgIpc) is 2.12. The van der Waals surface area contributed by atoms with Crippen molar-refractivity contribution in [3.8, 4) is 0 Å². The molecule has 2 nitrogen and oxygen atoms in total. The summed E-state index contributed by atoms with van der Waals surface area (Å²) in [5.41, 5.74) is 0. The molecule has 1 heterocycles. The van der Waals surface area contributed by atoms with Crippen LogP contribution in [-0.2, 0) is 0 Å².